The van der Waals surface area contributed by atoms with Gasteiger partial charge < -0.3 is 14.6 Å². The summed E-state index contributed by atoms with van der Waals surface area (Å²) in [6.45, 7) is 6.86. The summed E-state index contributed by atoms with van der Waals surface area (Å²) < 4.78 is 7.45. The molecule has 0 fully saturated rings. The smallest absolute Gasteiger partial charge is 0.321 e. The molecule has 0 bridgehead atoms. The van der Waals surface area contributed by atoms with Crippen molar-refractivity contribution in [3.05, 3.63) is 28.8 Å². The summed E-state index contributed by atoms with van der Waals surface area (Å²) in [4.78, 5) is 21.9. The Kier molecular flexibility index (Phi) is 4.92. The number of hydrogen-bond donors (Lipinski definition) is 2. The molecule has 0 radical (unpaired) electrons. The molecule has 2 aromatic heterocycles. The molecule has 0 aromatic carbocycles. The highest BCUT2D eigenvalue weighted by atomic mass is 32.1. The second-order valence-corrected chi connectivity index (χ2v) is 6.97. The Bertz CT molecular complexity index is 656. The molecule has 1 aliphatic heterocycles. The predicted octanol–water partition coefficient (Wildman–Crippen LogP) is 2.39. The van der Waals surface area contributed by atoms with Crippen molar-refractivity contribution in [2.75, 3.05) is 11.9 Å². The average Bonchev–Trinajstić information content (AvgIpc) is 3.10. The van der Waals surface area contributed by atoms with Crippen LogP contribution >= 0.6 is 11.3 Å². The van der Waals surface area contributed by atoms with Gasteiger partial charge in [0.25, 0.3) is 0 Å². The van der Waals surface area contributed by atoms with Crippen LogP contribution in [0.15, 0.2) is 12.4 Å². The lowest BCUT2D eigenvalue weighted by atomic mass is 10.2. The number of fused-ring (bicyclic) bond motifs is 1. The summed E-state index contributed by atoms with van der Waals surface area (Å²) in [6, 6.07) is -0.267. The summed E-state index contributed by atoms with van der Waals surface area (Å²) in [6.07, 6.45) is 4.50. The SMILES string of the molecule is CC(C)Cn1ccnc1CNC(=O)Nc1nc2c(s1)COCC2. The molecule has 3 rings (SSSR count). The molecule has 7 nitrogen and oxygen atoms in total. The Balaban J connectivity index is 1.54. The van der Waals surface area contributed by atoms with E-state index in [-0.39, 0.29) is 6.03 Å². The third kappa shape index (κ3) is 4.08. The molecule has 0 spiro atoms. The molecule has 2 N–H and O–H groups in total. The number of ether oxygens (including phenoxy) is 1. The van der Waals surface area contributed by atoms with E-state index in [0.717, 1.165) is 29.4 Å². The van der Waals surface area contributed by atoms with Crippen LogP contribution in [-0.4, -0.2) is 27.2 Å². The van der Waals surface area contributed by atoms with Crippen LogP contribution in [0.1, 0.15) is 30.2 Å². The molecule has 8 heteroatoms. The maximum atomic E-state index is 12.0. The number of nitrogens with one attached hydrogen (secondary N) is 2. The summed E-state index contributed by atoms with van der Waals surface area (Å²) in [5.74, 6) is 1.38. The Morgan fingerprint density at radius 1 is 1.52 bits per heavy atom. The van der Waals surface area contributed by atoms with Crippen LogP contribution in [0.5, 0.6) is 0 Å². The summed E-state index contributed by atoms with van der Waals surface area (Å²) in [5, 5.41) is 6.23. The monoisotopic (exact) mass is 335 g/mol. The molecule has 124 valence electrons. The van der Waals surface area contributed by atoms with Crippen LogP contribution < -0.4 is 10.6 Å². The van der Waals surface area contributed by atoms with Crippen LogP contribution in [0, 0.1) is 5.92 Å². The van der Waals surface area contributed by atoms with E-state index in [9.17, 15) is 4.79 Å². The fourth-order valence-corrected chi connectivity index (χ4v) is 3.39. The van der Waals surface area contributed by atoms with Gasteiger partial charge in [0.05, 0.1) is 30.3 Å². The van der Waals surface area contributed by atoms with Crippen molar-refractivity contribution in [1.29, 1.82) is 0 Å². The largest absolute Gasteiger partial charge is 0.375 e. The fraction of sp³-hybridized carbons (Fsp3) is 0.533. The number of thiazole rings is 1. The van der Waals surface area contributed by atoms with Crippen molar-refractivity contribution >= 4 is 22.5 Å². The predicted molar refractivity (Wildman–Crippen MR) is 88.4 cm³/mol. The zero-order chi connectivity index (χ0) is 16.2. The van der Waals surface area contributed by atoms with E-state index in [2.05, 4.69) is 39.0 Å². The molecule has 0 atom stereocenters. The number of carbonyl (C=O) groups excluding carboxylic acids is 1. The molecule has 3 heterocycles. The number of rotatable bonds is 5. The highest BCUT2D eigenvalue weighted by molar-refractivity contribution is 7.15. The van der Waals surface area contributed by atoms with Crippen molar-refractivity contribution < 1.29 is 9.53 Å². The molecule has 1 aliphatic rings. The lowest BCUT2D eigenvalue weighted by molar-refractivity contribution is 0.112. The lowest BCUT2D eigenvalue weighted by Gasteiger charge is -2.11. The number of urea groups is 1. The van der Waals surface area contributed by atoms with E-state index in [1.165, 1.54) is 11.3 Å². The quantitative estimate of drug-likeness (QED) is 0.879. The second-order valence-electron chi connectivity index (χ2n) is 5.89. The Labute approximate surface area is 139 Å². The van der Waals surface area contributed by atoms with Gasteiger partial charge in [-0.1, -0.05) is 25.2 Å². The molecule has 0 saturated carbocycles. The first kappa shape index (κ1) is 15.9. The number of imidazole rings is 1. The third-order valence-corrected chi connectivity index (χ3v) is 4.47. The molecular formula is C15H21N5O2S. The van der Waals surface area contributed by atoms with Gasteiger partial charge in [-0.3, -0.25) is 5.32 Å². The van der Waals surface area contributed by atoms with E-state index in [1.807, 2.05) is 6.20 Å². The van der Waals surface area contributed by atoms with Gasteiger partial charge >= 0.3 is 6.03 Å². The van der Waals surface area contributed by atoms with Crippen molar-refractivity contribution in [2.45, 2.75) is 40.0 Å². The van der Waals surface area contributed by atoms with Gasteiger partial charge in [-0.15, -0.1) is 0 Å². The van der Waals surface area contributed by atoms with Gasteiger partial charge in [0, 0.05) is 25.4 Å². The van der Waals surface area contributed by atoms with Gasteiger partial charge in [0.1, 0.15) is 5.82 Å². The van der Waals surface area contributed by atoms with Gasteiger partial charge in [-0.25, -0.2) is 14.8 Å². The van der Waals surface area contributed by atoms with Gasteiger partial charge in [-0.05, 0) is 5.92 Å². The maximum absolute atomic E-state index is 12.0. The minimum absolute atomic E-state index is 0.267. The molecule has 2 amide bonds. The van der Waals surface area contributed by atoms with Crippen LogP contribution in [0.3, 0.4) is 0 Å². The normalized spacial score (nSPS) is 13.9. The number of hydrogen-bond acceptors (Lipinski definition) is 5. The molecule has 0 unspecified atom stereocenters. The highest BCUT2D eigenvalue weighted by Crippen LogP contribution is 2.26. The van der Waals surface area contributed by atoms with Crippen molar-refractivity contribution in [1.82, 2.24) is 19.9 Å². The second kappa shape index (κ2) is 7.10. The molecule has 0 saturated heterocycles. The average molecular weight is 335 g/mol. The number of nitrogens with zero attached hydrogens (tertiary/aromatic N) is 3. The Hall–Kier alpha value is -1.93. The zero-order valence-electron chi connectivity index (χ0n) is 13.3. The van der Waals surface area contributed by atoms with Gasteiger partial charge in [-0.2, -0.15) is 0 Å². The Morgan fingerprint density at radius 3 is 3.17 bits per heavy atom. The standard InChI is InChI=1S/C15H21N5O2S/c1-10(2)8-20-5-4-16-13(20)7-17-14(21)19-15-18-11-3-6-22-9-12(11)23-15/h4-5,10H,3,6-9H2,1-2H3,(H2,17,18,19,21). The van der Waals surface area contributed by atoms with E-state index in [1.54, 1.807) is 6.20 Å². The van der Waals surface area contributed by atoms with Crippen LogP contribution in [0.2, 0.25) is 0 Å². The first-order chi connectivity index (χ1) is 11.1. The highest BCUT2D eigenvalue weighted by Gasteiger charge is 2.16. The number of anilines is 1. The lowest BCUT2D eigenvalue weighted by Crippen LogP contribution is -2.29. The first-order valence-electron chi connectivity index (χ1n) is 7.73. The summed E-state index contributed by atoms with van der Waals surface area (Å²) in [7, 11) is 0. The van der Waals surface area contributed by atoms with E-state index >= 15 is 0 Å². The number of amides is 2. The summed E-state index contributed by atoms with van der Waals surface area (Å²) >= 11 is 1.47. The van der Waals surface area contributed by atoms with Crippen LogP contribution in [0.25, 0.3) is 0 Å². The molecular weight excluding hydrogens is 314 g/mol. The third-order valence-electron chi connectivity index (χ3n) is 3.49. The van der Waals surface area contributed by atoms with Gasteiger partial charge in [0.2, 0.25) is 0 Å². The van der Waals surface area contributed by atoms with Crippen molar-refractivity contribution in [3.8, 4) is 0 Å². The van der Waals surface area contributed by atoms with Crippen molar-refractivity contribution in [3.63, 3.8) is 0 Å². The van der Waals surface area contributed by atoms with Gasteiger partial charge in [0.15, 0.2) is 5.13 Å². The van der Waals surface area contributed by atoms with Crippen LogP contribution in [-0.2, 0) is 30.9 Å². The van der Waals surface area contributed by atoms with E-state index in [4.69, 9.17) is 4.74 Å². The van der Waals surface area contributed by atoms with Crippen molar-refractivity contribution in [2.24, 2.45) is 5.92 Å². The first-order valence-corrected chi connectivity index (χ1v) is 8.54. The van der Waals surface area contributed by atoms with Crippen LogP contribution in [0.4, 0.5) is 9.93 Å². The zero-order valence-corrected chi connectivity index (χ0v) is 14.2. The molecule has 0 aliphatic carbocycles. The molecule has 23 heavy (non-hydrogen) atoms. The maximum Gasteiger partial charge on any atom is 0.321 e. The number of aromatic nitrogens is 3. The molecule has 2 aromatic rings. The topological polar surface area (TPSA) is 81.1 Å². The number of carbonyl (C=O) groups is 1. The fourth-order valence-electron chi connectivity index (χ4n) is 2.45. The Morgan fingerprint density at radius 2 is 2.39 bits per heavy atom. The van der Waals surface area contributed by atoms with E-state index in [0.29, 0.717) is 30.8 Å². The minimum atomic E-state index is -0.267. The summed E-state index contributed by atoms with van der Waals surface area (Å²) in [5.41, 5.74) is 1.03. The van der Waals surface area contributed by atoms with E-state index < -0.39 is 0 Å². The minimum Gasteiger partial charge on any atom is -0.375 e.